The number of carbonyl (C=O) groups is 2. The van der Waals surface area contributed by atoms with E-state index in [1.165, 1.54) is 0 Å². The summed E-state index contributed by atoms with van der Waals surface area (Å²) in [7, 11) is 0. The van der Waals surface area contributed by atoms with E-state index in [9.17, 15) is 14.7 Å². The molecule has 0 aromatic heterocycles. The van der Waals surface area contributed by atoms with Gasteiger partial charge in [0.1, 0.15) is 0 Å². The Balaban J connectivity index is 2.83. The van der Waals surface area contributed by atoms with Gasteiger partial charge in [0.2, 0.25) is 0 Å². The van der Waals surface area contributed by atoms with Gasteiger partial charge < -0.3 is 15.7 Å². The number of aromatic carboxylic acids is 1. The summed E-state index contributed by atoms with van der Waals surface area (Å²) in [5, 5.41) is 14.7. The first kappa shape index (κ1) is 17.4. The van der Waals surface area contributed by atoms with Gasteiger partial charge in [-0.25, -0.2) is 9.59 Å². The Morgan fingerprint density at radius 2 is 2.00 bits per heavy atom. The maximum absolute atomic E-state index is 12.0. The maximum Gasteiger partial charge on any atom is 0.337 e. The standard InChI is InChI=1S/C15H22N2O3S/c1-9-7-10(2)13(12(8-9)14(18)19)17-15(20)16-11(3)5-6-21-4/h7-8,11H,5-6H2,1-4H3,(H,18,19)(H2,16,17,20). The molecular weight excluding hydrogens is 288 g/mol. The number of aryl methyl sites for hydroxylation is 2. The minimum Gasteiger partial charge on any atom is -0.478 e. The maximum atomic E-state index is 12.0. The number of rotatable bonds is 6. The molecule has 0 heterocycles. The van der Waals surface area contributed by atoms with Gasteiger partial charge in [-0.2, -0.15) is 11.8 Å². The van der Waals surface area contributed by atoms with Crippen molar-refractivity contribution in [2.45, 2.75) is 33.2 Å². The Kier molecular flexibility index (Phi) is 6.55. The second kappa shape index (κ2) is 7.93. The Morgan fingerprint density at radius 1 is 1.33 bits per heavy atom. The smallest absolute Gasteiger partial charge is 0.337 e. The zero-order valence-electron chi connectivity index (χ0n) is 12.8. The van der Waals surface area contributed by atoms with Crippen molar-refractivity contribution in [3.63, 3.8) is 0 Å². The van der Waals surface area contributed by atoms with Crippen LogP contribution in [0.25, 0.3) is 0 Å². The molecule has 1 unspecified atom stereocenters. The lowest BCUT2D eigenvalue weighted by Gasteiger charge is -2.17. The van der Waals surface area contributed by atoms with Gasteiger partial charge >= 0.3 is 12.0 Å². The lowest BCUT2D eigenvalue weighted by molar-refractivity contribution is 0.0698. The second-order valence-corrected chi connectivity index (χ2v) is 6.08. The quantitative estimate of drug-likeness (QED) is 0.753. The molecule has 1 aromatic carbocycles. The van der Waals surface area contributed by atoms with Gasteiger partial charge in [-0.15, -0.1) is 0 Å². The number of benzene rings is 1. The van der Waals surface area contributed by atoms with E-state index in [0.717, 1.165) is 23.3 Å². The zero-order chi connectivity index (χ0) is 16.0. The summed E-state index contributed by atoms with van der Waals surface area (Å²) in [6.45, 7) is 5.54. The van der Waals surface area contributed by atoms with E-state index >= 15 is 0 Å². The monoisotopic (exact) mass is 310 g/mol. The molecule has 0 aliphatic heterocycles. The van der Waals surface area contributed by atoms with Crippen molar-refractivity contribution in [2.75, 3.05) is 17.3 Å². The number of hydrogen-bond donors (Lipinski definition) is 3. The molecule has 116 valence electrons. The van der Waals surface area contributed by atoms with Crippen molar-refractivity contribution < 1.29 is 14.7 Å². The van der Waals surface area contributed by atoms with Gasteiger partial charge in [-0.1, -0.05) is 6.07 Å². The normalized spacial score (nSPS) is 11.8. The summed E-state index contributed by atoms with van der Waals surface area (Å²) >= 11 is 1.72. The molecule has 0 saturated carbocycles. The van der Waals surface area contributed by atoms with E-state index in [-0.39, 0.29) is 17.6 Å². The van der Waals surface area contributed by atoms with Crippen LogP contribution >= 0.6 is 11.8 Å². The fraction of sp³-hybridized carbons (Fsp3) is 0.467. The van der Waals surface area contributed by atoms with Crippen molar-refractivity contribution >= 4 is 29.4 Å². The number of carboxylic acid groups (broad SMARTS) is 1. The summed E-state index contributed by atoms with van der Waals surface area (Å²) < 4.78 is 0. The molecule has 2 amide bonds. The van der Waals surface area contributed by atoms with Crippen LogP contribution < -0.4 is 10.6 Å². The number of hydrogen-bond acceptors (Lipinski definition) is 3. The molecular formula is C15H22N2O3S. The highest BCUT2D eigenvalue weighted by Gasteiger charge is 2.16. The first-order chi connectivity index (χ1) is 9.85. The van der Waals surface area contributed by atoms with E-state index in [4.69, 9.17) is 0 Å². The lowest BCUT2D eigenvalue weighted by atomic mass is 10.0. The largest absolute Gasteiger partial charge is 0.478 e. The molecule has 0 saturated heterocycles. The molecule has 1 aromatic rings. The Bertz CT molecular complexity index is 532. The minimum absolute atomic E-state index is 0.0384. The highest BCUT2D eigenvalue weighted by molar-refractivity contribution is 7.98. The first-order valence-corrected chi connectivity index (χ1v) is 8.15. The number of anilines is 1. The van der Waals surface area contributed by atoms with Crippen LogP contribution in [0.2, 0.25) is 0 Å². The highest BCUT2D eigenvalue weighted by atomic mass is 32.2. The Hall–Kier alpha value is -1.69. The predicted octanol–water partition coefficient (Wildman–Crippen LogP) is 3.26. The third-order valence-electron chi connectivity index (χ3n) is 3.08. The number of carbonyl (C=O) groups excluding carboxylic acids is 1. The van der Waals surface area contributed by atoms with Gasteiger partial charge in [0, 0.05) is 6.04 Å². The summed E-state index contributed by atoms with van der Waals surface area (Å²) in [5.74, 6) is -0.0849. The van der Waals surface area contributed by atoms with Crippen LogP contribution in [0.1, 0.15) is 34.8 Å². The molecule has 0 bridgehead atoms. The van der Waals surface area contributed by atoms with E-state index in [1.807, 2.05) is 26.2 Å². The van der Waals surface area contributed by atoms with Gasteiger partial charge in [-0.3, -0.25) is 0 Å². The van der Waals surface area contributed by atoms with Crippen molar-refractivity contribution in [1.82, 2.24) is 5.32 Å². The molecule has 5 nitrogen and oxygen atoms in total. The summed E-state index contributed by atoms with van der Waals surface area (Å²) in [6, 6.07) is 3.07. The fourth-order valence-corrected chi connectivity index (χ4v) is 2.63. The predicted molar refractivity (Wildman–Crippen MR) is 87.5 cm³/mol. The fourth-order valence-electron chi connectivity index (χ4n) is 2.04. The van der Waals surface area contributed by atoms with Crippen molar-refractivity contribution in [2.24, 2.45) is 0 Å². The molecule has 1 atom stereocenters. The Labute approximate surface area is 129 Å². The summed E-state index contributed by atoms with van der Waals surface area (Å²) in [6.07, 6.45) is 2.88. The molecule has 0 spiro atoms. The summed E-state index contributed by atoms with van der Waals surface area (Å²) in [5.41, 5.74) is 2.05. The molecule has 3 N–H and O–H groups in total. The van der Waals surface area contributed by atoms with Crippen molar-refractivity contribution in [3.8, 4) is 0 Å². The van der Waals surface area contributed by atoms with Crippen LogP contribution in [-0.4, -0.2) is 35.2 Å². The van der Waals surface area contributed by atoms with Crippen molar-refractivity contribution in [3.05, 3.63) is 28.8 Å². The molecule has 21 heavy (non-hydrogen) atoms. The number of amides is 2. The number of carboxylic acids is 1. The van der Waals surface area contributed by atoms with Gasteiger partial charge in [-0.05, 0) is 56.4 Å². The molecule has 0 aliphatic carbocycles. The average Bonchev–Trinajstić information content (AvgIpc) is 2.38. The Morgan fingerprint density at radius 3 is 2.57 bits per heavy atom. The highest BCUT2D eigenvalue weighted by Crippen LogP contribution is 2.22. The molecule has 0 radical (unpaired) electrons. The van der Waals surface area contributed by atoms with Crippen LogP contribution in [0.5, 0.6) is 0 Å². The van der Waals surface area contributed by atoms with Crippen molar-refractivity contribution in [1.29, 1.82) is 0 Å². The SMILES string of the molecule is CSCCC(C)NC(=O)Nc1c(C)cc(C)cc1C(=O)O. The second-order valence-electron chi connectivity index (χ2n) is 5.09. The molecule has 0 fully saturated rings. The van der Waals surface area contributed by atoms with Gasteiger partial charge in [0.05, 0.1) is 11.3 Å². The van der Waals surface area contributed by atoms with E-state index < -0.39 is 5.97 Å². The topological polar surface area (TPSA) is 78.4 Å². The average molecular weight is 310 g/mol. The van der Waals surface area contributed by atoms with E-state index in [0.29, 0.717) is 5.69 Å². The minimum atomic E-state index is -1.05. The van der Waals surface area contributed by atoms with Crippen LogP contribution in [0.15, 0.2) is 12.1 Å². The van der Waals surface area contributed by atoms with E-state index in [1.54, 1.807) is 24.8 Å². The van der Waals surface area contributed by atoms with Gasteiger partial charge in [0.15, 0.2) is 0 Å². The van der Waals surface area contributed by atoms with Crippen LogP contribution in [0.4, 0.5) is 10.5 Å². The molecule has 6 heteroatoms. The van der Waals surface area contributed by atoms with Gasteiger partial charge in [0.25, 0.3) is 0 Å². The summed E-state index contributed by atoms with van der Waals surface area (Å²) in [4.78, 5) is 23.3. The van der Waals surface area contributed by atoms with E-state index in [2.05, 4.69) is 10.6 Å². The van der Waals surface area contributed by atoms with Crippen LogP contribution in [-0.2, 0) is 0 Å². The zero-order valence-corrected chi connectivity index (χ0v) is 13.6. The number of nitrogens with one attached hydrogen (secondary N) is 2. The first-order valence-electron chi connectivity index (χ1n) is 6.76. The molecule has 0 aliphatic rings. The van der Waals surface area contributed by atoms with Crippen LogP contribution in [0.3, 0.4) is 0 Å². The third kappa shape index (κ3) is 5.30. The lowest BCUT2D eigenvalue weighted by Crippen LogP contribution is -2.37. The van der Waals surface area contributed by atoms with Crippen LogP contribution in [0, 0.1) is 13.8 Å². The third-order valence-corrected chi connectivity index (χ3v) is 3.73. The number of urea groups is 1. The number of thioether (sulfide) groups is 1. The molecule has 1 rings (SSSR count).